The van der Waals surface area contributed by atoms with Crippen LogP contribution in [0.3, 0.4) is 0 Å². The number of hydrogen-bond acceptors (Lipinski definition) is 2. The van der Waals surface area contributed by atoms with E-state index in [1.807, 2.05) is 0 Å². The minimum absolute atomic E-state index is 0.303. The van der Waals surface area contributed by atoms with E-state index in [1.165, 1.54) is 18.9 Å². The Bertz CT molecular complexity index is 442. The van der Waals surface area contributed by atoms with Crippen LogP contribution in [0, 0.1) is 11.6 Å². The molecule has 1 aromatic carbocycles. The number of rotatable bonds is 4. The van der Waals surface area contributed by atoms with Gasteiger partial charge in [0.15, 0.2) is 11.6 Å². The molecule has 0 amide bonds. The molecule has 1 aromatic rings. The van der Waals surface area contributed by atoms with Crippen LogP contribution in [0.1, 0.15) is 44.1 Å². The van der Waals surface area contributed by atoms with Gasteiger partial charge in [-0.2, -0.15) is 0 Å². The van der Waals surface area contributed by atoms with E-state index in [4.69, 9.17) is 10.5 Å². The van der Waals surface area contributed by atoms with Crippen molar-refractivity contribution in [1.29, 1.82) is 0 Å². The average molecular weight is 283 g/mol. The molecule has 4 heteroatoms. The minimum atomic E-state index is -0.818. The van der Waals surface area contributed by atoms with Gasteiger partial charge in [-0.05, 0) is 30.9 Å². The summed E-state index contributed by atoms with van der Waals surface area (Å²) in [6, 6.07) is 3.93. The first-order valence-corrected chi connectivity index (χ1v) is 7.33. The summed E-state index contributed by atoms with van der Waals surface area (Å²) in [5.74, 6) is -1.61. The Hall–Kier alpha value is -1.00. The molecule has 2 nitrogen and oxygen atoms in total. The van der Waals surface area contributed by atoms with Crippen molar-refractivity contribution in [1.82, 2.24) is 0 Å². The normalized spacial score (nSPS) is 20.4. The Morgan fingerprint density at radius 3 is 2.45 bits per heavy atom. The highest BCUT2D eigenvalue weighted by atomic mass is 19.2. The summed E-state index contributed by atoms with van der Waals surface area (Å²) < 4.78 is 32.8. The molecule has 0 aromatic heterocycles. The first-order chi connectivity index (χ1) is 9.59. The number of ether oxygens (including phenoxy) is 1. The third-order valence-corrected chi connectivity index (χ3v) is 4.50. The SMILES string of the molecule is COC1(C(N)Cc2cccc(F)c2F)CCCCCC1. The monoisotopic (exact) mass is 283 g/mol. The summed E-state index contributed by atoms with van der Waals surface area (Å²) in [4.78, 5) is 0. The molecule has 112 valence electrons. The third kappa shape index (κ3) is 3.18. The standard InChI is InChI=1S/C16H23F2NO/c1-20-16(9-4-2-3-5-10-16)14(19)11-12-7-6-8-13(17)15(12)18/h6-8,14H,2-5,9-11,19H2,1H3. The molecule has 20 heavy (non-hydrogen) atoms. The maximum Gasteiger partial charge on any atom is 0.162 e. The lowest BCUT2D eigenvalue weighted by Gasteiger charge is -2.37. The Morgan fingerprint density at radius 2 is 1.85 bits per heavy atom. The number of halogens is 2. The molecular formula is C16H23F2NO. The van der Waals surface area contributed by atoms with Gasteiger partial charge in [-0.1, -0.05) is 37.8 Å². The molecule has 0 spiro atoms. The lowest BCUT2D eigenvalue weighted by molar-refractivity contribution is -0.0432. The number of hydrogen-bond donors (Lipinski definition) is 1. The van der Waals surface area contributed by atoms with Gasteiger partial charge >= 0.3 is 0 Å². The maximum absolute atomic E-state index is 13.8. The zero-order valence-corrected chi connectivity index (χ0v) is 12.0. The van der Waals surface area contributed by atoms with Crippen molar-refractivity contribution in [3.63, 3.8) is 0 Å². The fourth-order valence-corrected chi connectivity index (χ4v) is 3.18. The van der Waals surface area contributed by atoms with E-state index in [-0.39, 0.29) is 6.04 Å². The lowest BCUT2D eigenvalue weighted by atomic mass is 9.83. The summed E-state index contributed by atoms with van der Waals surface area (Å²) in [5, 5.41) is 0. The zero-order valence-electron chi connectivity index (χ0n) is 12.0. The molecule has 1 aliphatic carbocycles. The Balaban J connectivity index is 2.16. The van der Waals surface area contributed by atoms with Crippen molar-refractivity contribution in [2.24, 2.45) is 5.73 Å². The average Bonchev–Trinajstić information content (AvgIpc) is 2.70. The molecule has 1 saturated carbocycles. The molecule has 0 heterocycles. The number of methoxy groups -OCH3 is 1. The van der Waals surface area contributed by atoms with Gasteiger partial charge in [0.05, 0.1) is 5.60 Å². The second-order valence-electron chi connectivity index (χ2n) is 5.71. The molecule has 2 N–H and O–H groups in total. The highest BCUT2D eigenvalue weighted by Gasteiger charge is 2.37. The molecule has 1 fully saturated rings. The second-order valence-corrected chi connectivity index (χ2v) is 5.71. The molecule has 0 aliphatic heterocycles. The predicted octanol–water partition coefficient (Wildman–Crippen LogP) is 3.57. The second kappa shape index (κ2) is 6.64. The van der Waals surface area contributed by atoms with Gasteiger partial charge in [0, 0.05) is 13.2 Å². The van der Waals surface area contributed by atoms with E-state index in [1.54, 1.807) is 13.2 Å². The molecule has 1 aliphatic rings. The van der Waals surface area contributed by atoms with E-state index in [9.17, 15) is 8.78 Å². The highest BCUT2D eigenvalue weighted by Crippen LogP contribution is 2.33. The first-order valence-electron chi connectivity index (χ1n) is 7.33. The van der Waals surface area contributed by atoms with Gasteiger partial charge in [0.1, 0.15) is 0 Å². The van der Waals surface area contributed by atoms with E-state index >= 15 is 0 Å². The lowest BCUT2D eigenvalue weighted by Crippen LogP contribution is -2.50. The third-order valence-electron chi connectivity index (χ3n) is 4.50. The van der Waals surface area contributed by atoms with Crippen molar-refractivity contribution in [3.05, 3.63) is 35.4 Å². The van der Waals surface area contributed by atoms with Crippen LogP contribution >= 0.6 is 0 Å². The van der Waals surface area contributed by atoms with Gasteiger partial charge in [-0.15, -0.1) is 0 Å². The van der Waals surface area contributed by atoms with Crippen molar-refractivity contribution >= 4 is 0 Å². The summed E-state index contributed by atoms with van der Waals surface area (Å²) in [6.07, 6.45) is 6.61. The summed E-state index contributed by atoms with van der Waals surface area (Å²) >= 11 is 0. The quantitative estimate of drug-likeness (QED) is 0.857. The van der Waals surface area contributed by atoms with Gasteiger partial charge in [-0.25, -0.2) is 8.78 Å². The molecule has 1 unspecified atom stereocenters. The fraction of sp³-hybridized carbons (Fsp3) is 0.625. The van der Waals surface area contributed by atoms with Crippen LogP contribution < -0.4 is 5.73 Å². The van der Waals surface area contributed by atoms with Gasteiger partial charge in [0.2, 0.25) is 0 Å². The summed E-state index contributed by atoms with van der Waals surface area (Å²) in [5.41, 5.74) is 6.22. The van der Waals surface area contributed by atoms with Crippen LogP contribution in [0.15, 0.2) is 18.2 Å². The molecule has 0 saturated heterocycles. The highest BCUT2D eigenvalue weighted by molar-refractivity contribution is 5.21. The number of nitrogens with two attached hydrogens (primary N) is 1. The Labute approximate surface area is 119 Å². The topological polar surface area (TPSA) is 35.2 Å². The maximum atomic E-state index is 13.8. The largest absolute Gasteiger partial charge is 0.377 e. The van der Waals surface area contributed by atoms with Crippen LogP contribution in [0.4, 0.5) is 8.78 Å². The molecular weight excluding hydrogens is 260 g/mol. The van der Waals surface area contributed by atoms with Crippen LogP contribution in [-0.4, -0.2) is 18.8 Å². The summed E-state index contributed by atoms with van der Waals surface area (Å²) in [7, 11) is 1.67. The predicted molar refractivity (Wildman–Crippen MR) is 75.5 cm³/mol. The van der Waals surface area contributed by atoms with E-state index in [0.29, 0.717) is 12.0 Å². The van der Waals surface area contributed by atoms with E-state index in [0.717, 1.165) is 31.7 Å². The van der Waals surface area contributed by atoms with Crippen LogP contribution in [0.2, 0.25) is 0 Å². The van der Waals surface area contributed by atoms with Crippen molar-refractivity contribution in [2.45, 2.75) is 56.6 Å². The Kier molecular flexibility index (Phi) is 5.11. The van der Waals surface area contributed by atoms with Gasteiger partial charge in [-0.3, -0.25) is 0 Å². The summed E-state index contributed by atoms with van der Waals surface area (Å²) in [6.45, 7) is 0. The number of benzene rings is 1. The first kappa shape index (κ1) is 15.4. The molecule has 0 radical (unpaired) electrons. The smallest absolute Gasteiger partial charge is 0.162 e. The van der Waals surface area contributed by atoms with E-state index in [2.05, 4.69) is 0 Å². The van der Waals surface area contributed by atoms with Crippen molar-refractivity contribution in [3.8, 4) is 0 Å². The van der Waals surface area contributed by atoms with Crippen LogP contribution in [0.25, 0.3) is 0 Å². The molecule has 1 atom stereocenters. The zero-order chi connectivity index (χ0) is 14.6. The molecule has 2 rings (SSSR count). The van der Waals surface area contributed by atoms with Crippen molar-refractivity contribution in [2.75, 3.05) is 7.11 Å². The van der Waals surface area contributed by atoms with E-state index < -0.39 is 17.2 Å². The van der Waals surface area contributed by atoms with Crippen LogP contribution in [0.5, 0.6) is 0 Å². The fourth-order valence-electron chi connectivity index (χ4n) is 3.18. The molecule has 0 bridgehead atoms. The Morgan fingerprint density at radius 1 is 1.20 bits per heavy atom. The minimum Gasteiger partial charge on any atom is -0.377 e. The van der Waals surface area contributed by atoms with Crippen LogP contribution in [-0.2, 0) is 11.2 Å². The van der Waals surface area contributed by atoms with Gasteiger partial charge < -0.3 is 10.5 Å². The van der Waals surface area contributed by atoms with Crippen molar-refractivity contribution < 1.29 is 13.5 Å². The van der Waals surface area contributed by atoms with Gasteiger partial charge in [0.25, 0.3) is 0 Å².